The van der Waals surface area contributed by atoms with Gasteiger partial charge in [0.05, 0.1) is 23.1 Å². The molecule has 0 saturated heterocycles. The Hall–Kier alpha value is -2.55. The van der Waals surface area contributed by atoms with Crippen molar-refractivity contribution in [2.24, 2.45) is 0 Å². The molecule has 8 heteroatoms. The molecule has 0 aliphatic carbocycles. The molecule has 1 atom stereocenters. The average Bonchev–Trinajstić information content (AvgIpc) is 2.84. The number of carbonyl (C=O) groups is 2. The summed E-state index contributed by atoms with van der Waals surface area (Å²) in [4.78, 5) is 29.0. The number of carbonyl (C=O) groups excluding carboxylic acids is 2. The molecule has 7 nitrogen and oxygen atoms in total. The van der Waals surface area contributed by atoms with Crippen LogP contribution in [-0.2, 0) is 20.4 Å². The first-order valence-corrected chi connectivity index (χ1v) is 7.58. The van der Waals surface area contributed by atoms with Gasteiger partial charge < -0.3 is 4.74 Å². The predicted molar refractivity (Wildman–Crippen MR) is 78.5 cm³/mol. The second kappa shape index (κ2) is 6.29. The fourth-order valence-electron chi connectivity index (χ4n) is 2.02. The van der Waals surface area contributed by atoms with Gasteiger partial charge >= 0.3 is 0 Å². The van der Waals surface area contributed by atoms with E-state index in [2.05, 4.69) is 9.32 Å². The highest BCUT2D eigenvalue weighted by molar-refractivity contribution is 7.80. The van der Waals surface area contributed by atoms with E-state index in [1.54, 1.807) is 24.3 Å². The zero-order valence-electron chi connectivity index (χ0n) is 11.9. The Morgan fingerprint density at radius 2 is 1.48 bits per heavy atom. The normalized spacial score (nSPS) is 14.7. The molecule has 3 rings (SSSR count). The van der Waals surface area contributed by atoms with Gasteiger partial charge in [-0.2, -0.15) is 0 Å². The molecule has 0 fully saturated rings. The lowest BCUT2D eigenvalue weighted by atomic mass is 10.1. The number of hydrogen-bond acceptors (Lipinski definition) is 6. The number of hydrogen-bond donors (Lipinski definition) is 0. The maximum Gasteiger partial charge on any atom is 0.288 e. The monoisotopic (exact) mass is 333 g/mol. The van der Waals surface area contributed by atoms with Crippen LogP contribution in [0.2, 0.25) is 0 Å². The predicted octanol–water partition coefficient (Wildman–Crippen LogP) is 1.88. The van der Waals surface area contributed by atoms with Crippen molar-refractivity contribution in [2.75, 3.05) is 7.11 Å². The minimum Gasteiger partial charge on any atom is -0.497 e. The smallest absolute Gasteiger partial charge is 0.288 e. The molecule has 1 aliphatic rings. The van der Waals surface area contributed by atoms with Crippen LogP contribution < -0.4 is 4.74 Å². The van der Waals surface area contributed by atoms with Crippen LogP contribution in [0, 0.1) is 0 Å². The summed E-state index contributed by atoms with van der Waals surface area (Å²) in [5.74, 6) is -0.748. The van der Waals surface area contributed by atoms with Crippen molar-refractivity contribution in [3.05, 3.63) is 59.7 Å². The van der Waals surface area contributed by atoms with Gasteiger partial charge in [0.15, 0.2) is 0 Å². The number of benzene rings is 2. The summed E-state index contributed by atoms with van der Waals surface area (Å²) in [6.45, 7) is 0. The Morgan fingerprint density at radius 3 is 2.00 bits per heavy atom. The van der Waals surface area contributed by atoms with Crippen LogP contribution in [-0.4, -0.2) is 28.2 Å². The molecule has 0 spiro atoms. The summed E-state index contributed by atoms with van der Waals surface area (Å²) in [7, 11) is 1.51. The largest absolute Gasteiger partial charge is 0.497 e. The van der Waals surface area contributed by atoms with Crippen LogP contribution in [0.15, 0.2) is 53.4 Å². The summed E-state index contributed by atoms with van der Waals surface area (Å²) in [5, 5.41) is 0.437. The van der Waals surface area contributed by atoms with Gasteiger partial charge in [-0.1, -0.05) is 17.1 Å². The number of hydroxylamine groups is 2. The van der Waals surface area contributed by atoms with E-state index in [9.17, 15) is 13.8 Å². The van der Waals surface area contributed by atoms with Gasteiger partial charge in [-0.25, -0.2) is 4.21 Å². The van der Waals surface area contributed by atoms with Crippen molar-refractivity contribution in [3.8, 4) is 5.75 Å². The van der Waals surface area contributed by atoms with E-state index >= 15 is 0 Å². The molecule has 0 radical (unpaired) electrons. The SMILES string of the molecule is COc1ccc(S(=O)OON2C(=O)c3ccccc3C2=O)cc1. The number of methoxy groups -OCH3 is 1. The molecule has 2 aromatic rings. The van der Waals surface area contributed by atoms with Crippen molar-refractivity contribution >= 4 is 22.9 Å². The van der Waals surface area contributed by atoms with E-state index in [1.807, 2.05) is 0 Å². The molecule has 0 bridgehead atoms. The Labute approximate surface area is 133 Å². The topological polar surface area (TPSA) is 82.1 Å². The van der Waals surface area contributed by atoms with Gasteiger partial charge in [0.2, 0.25) is 11.1 Å². The number of fused-ring (bicyclic) bond motifs is 1. The molecule has 0 saturated carbocycles. The van der Waals surface area contributed by atoms with E-state index in [4.69, 9.17) is 4.74 Å². The third-order valence-corrected chi connectivity index (χ3v) is 4.02. The third kappa shape index (κ3) is 2.87. The summed E-state index contributed by atoms with van der Waals surface area (Å²) in [5.41, 5.74) is 0.410. The van der Waals surface area contributed by atoms with Crippen molar-refractivity contribution in [1.29, 1.82) is 0 Å². The highest BCUT2D eigenvalue weighted by atomic mass is 32.2. The minimum absolute atomic E-state index is 0.205. The van der Waals surface area contributed by atoms with E-state index in [1.165, 1.54) is 31.4 Å². The number of ether oxygens (including phenoxy) is 1. The molecule has 0 aromatic heterocycles. The molecule has 1 aliphatic heterocycles. The second-order valence-electron chi connectivity index (χ2n) is 4.50. The van der Waals surface area contributed by atoms with Crippen LogP contribution >= 0.6 is 0 Å². The quantitative estimate of drug-likeness (QED) is 0.472. The fraction of sp³-hybridized carbons (Fsp3) is 0.0667. The molecule has 1 unspecified atom stereocenters. The Bertz CT molecular complexity index is 754. The van der Waals surface area contributed by atoms with Crippen molar-refractivity contribution in [3.63, 3.8) is 0 Å². The summed E-state index contributed by atoms with van der Waals surface area (Å²) in [6, 6.07) is 12.5. The lowest BCUT2D eigenvalue weighted by Crippen LogP contribution is -2.30. The van der Waals surface area contributed by atoms with Crippen LogP contribution in [0.3, 0.4) is 0 Å². The Balaban J connectivity index is 1.68. The van der Waals surface area contributed by atoms with Gasteiger partial charge in [0.1, 0.15) is 5.75 Å². The molecule has 23 heavy (non-hydrogen) atoms. The van der Waals surface area contributed by atoms with E-state index < -0.39 is 22.9 Å². The highest BCUT2D eigenvalue weighted by Gasteiger charge is 2.38. The van der Waals surface area contributed by atoms with Gasteiger partial charge in [-0.3, -0.25) is 9.59 Å². The van der Waals surface area contributed by atoms with Crippen LogP contribution in [0.4, 0.5) is 0 Å². The summed E-state index contributed by atoms with van der Waals surface area (Å²) in [6.07, 6.45) is 0. The van der Waals surface area contributed by atoms with Crippen molar-refractivity contribution < 1.29 is 27.9 Å². The van der Waals surface area contributed by atoms with E-state index in [0.717, 1.165) is 0 Å². The summed E-state index contributed by atoms with van der Waals surface area (Å²) < 4.78 is 21.6. The van der Waals surface area contributed by atoms with Gasteiger partial charge in [-0.15, -0.1) is 9.40 Å². The van der Waals surface area contributed by atoms with Crippen molar-refractivity contribution in [1.82, 2.24) is 5.06 Å². The molecule has 1 heterocycles. The number of amides is 2. The summed E-state index contributed by atoms with van der Waals surface area (Å²) >= 11 is -2.01. The third-order valence-electron chi connectivity index (χ3n) is 3.18. The lowest BCUT2D eigenvalue weighted by Gasteiger charge is -2.10. The zero-order valence-corrected chi connectivity index (χ0v) is 12.7. The van der Waals surface area contributed by atoms with Gasteiger partial charge in [-0.05, 0) is 36.4 Å². The Morgan fingerprint density at radius 1 is 0.913 bits per heavy atom. The van der Waals surface area contributed by atoms with Crippen LogP contribution in [0.5, 0.6) is 5.75 Å². The van der Waals surface area contributed by atoms with E-state index in [-0.39, 0.29) is 11.1 Å². The Kier molecular flexibility index (Phi) is 4.20. The molecular weight excluding hydrogens is 322 g/mol. The molecule has 0 N–H and O–H groups in total. The first kappa shape index (κ1) is 15.3. The van der Waals surface area contributed by atoms with Gasteiger partial charge in [0.25, 0.3) is 11.8 Å². The first-order chi connectivity index (χ1) is 11.1. The number of nitrogens with zero attached hydrogens (tertiary/aromatic N) is 1. The van der Waals surface area contributed by atoms with E-state index in [0.29, 0.717) is 15.7 Å². The van der Waals surface area contributed by atoms with Crippen LogP contribution in [0.1, 0.15) is 20.7 Å². The van der Waals surface area contributed by atoms with Crippen molar-refractivity contribution in [2.45, 2.75) is 4.90 Å². The maximum atomic E-state index is 12.0. The minimum atomic E-state index is -2.01. The average molecular weight is 333 g/mol. The van der Waals surface area contributed by atoms with Crippen LogP contribution in [0.25, 0.3) is 0 Å². The molecular formula is C15H11NO6S. The standard InChI is InChI=1S/C15H11NO6S/c1-20-10-6-8-11(9-7-10)23(19)22-21-16-14(17)12-4-2-3-5-13(12)15(16)18/h2-9H,1H3. The zero-order chi connectivity index (χ0) is 16.4. The lowest BCUT2D eigenvalue weighted by molar-refractivity contribution is -0.312. The van der Waals surface area contributed by atoms with Gasteiger partial charge in [0, 0.05) is 0 Å². The number of rotatable bonds is 5. The molecule has 2 aromatic carbocycles. The second-order valence-corrected chi connectivity index (χ2v) is 5.58. The maximum absolute atomic E-state index is 12.0. The fourth-order valence-corrected chi connectivity index (χ4v) is 2.57. The molecule has 2 amide bonds. The highest BCUT2D eigenvalue weighted by Crippen LogP contribution is 2.23. The molecule has 118 valence electrons. The first-order valence-electron chi connectivity index (χ1n) is 6.50. The number of imide groups is 1.